The largest absolute Gasteiger partial charge is 0.489 e. The van der Waals surface area contributed by atoms with Crippen molar-refractivity contribution < 1.29 is 14.2 Å². The summed E-state index contributed by atoms with van der Waals surface area (Å²) in [5.74, 6) is 2.60. The summed E-state index contributed by atoms with van der Waals surface area (Å²) in [5, 5.41) is 4.77. The van der Waals surface area contributed by atoms with Gasteiger partial charge in [0, 0.05) is 65.4 Å². The summed E-state index contributed by atoms with van der Waals surface area (Å²) in [4.78, 5) is 22.6. The fourth-order valence-electron chi connectivity index (χ4n) is 6.86. The van der Waals surface area contributed by atoms with E-state index in [1.807, 2.05) is 30.3 Å². The van der Waals surface area contributed by atoms with Crippen molar-refractivity contribution in [2.24, 2.45) is 0 Å². The molecule has 6 rings (SSSR count). The lowest BCUT2D eigenvalue weighted by Crippen LogP contribution is -2.51. The maximum Gasteiger partial charge on any atom is 0.287 e. The topological polar surface area (TPSA) is 75.5 Å². The number of ether oxygens (including phenoxy) is 3. The average Bonchev–Trinajstić information content (AvgIpc) is 3.10. The van der Waals surface area contributed by atoms with Crippen LogP contribution in [0.2, 0.25) is 5.02 Å². The number of halogens is 1. The van der Waals surface area contributed by atoms with Gasteiger partial charge in [-0.25, -0.2) is 4.68 Å². The average molecular weight is 679 g/mol. The number of benzene rings is 2. The fourth-order valence-corrected chi connectivity index (χ4v) is 7.13. The zero-order valence-corrected chi connectivity index (χ0v) is 29.3. The van der Waals surface area contributed by atoms with Crippen LogP contribution in [0.3, 0.4) is 0 Å². The second kappa shape index (κ2) is 16.8. The van der Waals surface area contributed by atoms with Gasteiger partial charge in [0.25, 0.3) is 5.56 Å². The van der Waals surface area contributed by atoms with Crippen molar-refractivity contribution in [3.63, 3.8) is 0 Å². The molecule has 0 bridgehead atoms. The molecule has 0 radical (unpaired) electrons. The summed E-state index contributed by atoms with van der Waals surface area (Å²) >= 11 is 6.62. The minimum atomic E-state index is -0.194. The molecular formula is C37H51ClN6O4. The van der Waals surface area contributed by atoms with Gasteiger partial charge < -0.3 is 24.0 Å². The van der Waals surface area contributed by atoms with Crippen LogP contribution in [-0.2, 0) is 6.54 Å². The molecule has 0 aliphatic carbocycles. The van der Waals surface area contributed by atoms with Crippen LogP contribution in [0.4, 0.5) is 11.4 Å². The first-order chi connectivity index (χ1) is 23.4. The normalized spacial score (nSPS) is 18.8. The highest BCUT2D eigenvalue weighted by molar-refractivity contribution is 6.33. The van der Waals surface area contributed by atoms with E-state index in [1.165, 1.54) is 23.2 Å². The smallest absolute Gasteiger partial charge is 0.287 e. The predicted molar refractivity (Wildman–Crippen MR) is 192 cm³/mol. The van der Waals surface area contributed by atoms with Crippen LogP contribution in [0.5, 0.6) is 17.2 Å². The van der Waals surface area contributed by atoms with Crippen LogP contribution in [-0.4, -0.2) is 104 Å². The third-order valence-corrected chi connectivity index (χ3v) is 9.85. The number of nitrogens with zero attached hydrogens (tertiary/aromatic N) is 6. The molecule has 3 aliphatic heterocycles. The molecule has 0 saturated carbocycles. The van der Waals surface area contributed by atoms with Crippen molar-refractivity contribution in [3.8, 4) is 17.2 Å². The highest BCUT2D eigenvalue weighted by atomic mass is 35.5. The number of aromatic nitrogens is 2. The molecule has 11 heteroatoms. The van der Waals surface area contributed by atoms with Crippen LogP contribution < -0.4 is 29.6 Å². The Morgan fingerprint density at radius 1 is 0.792 bits per heavy atom. The van der Waals surface area contributed by atoms with Gasteiger partial charge in [0.05, 0.1) is 23.7 Å². The molecular weight excluding hydrogens is 628 g/mol. The van der Waals surface area contributed by atoms with Gasteiger partial charge in [-0.3, -0.25) is 14.6 Å². The van der Waals surface area contributed by atoms with Crippen molar-refractivity contribution in [2.75, 3.05) is 81.9 Å². The highest BCUT2D eigenvalue weighted by Gasteiger charge is 2.27. The van der Waals surface area contributed by atoms with E-state index in [4.69, 9.17) is 25.8 Å². The molecule has 2 fully saturated rings. The Morgan fingerprint density at radius 2 is 1.42 bits per heavy atom. The second-order valence-corrected chi connectivity index (χ2v) is 13.8. The van der Waals surface area contributed by atoms with Gasteiger partial charge in [-0.15, -0.1) is 0 Å². The first-order valence-corrected chi connectivity index (χ1v) is 18.2. The third-order valence-electron chi connectivity index (χ3n) is 9.49. The lowest BCUT2D eigenvalue weighted by atomic mass is 10.1. The van der Waals surface area contributed by atoms with Crippen molar-refractivity contribution >= 4 is 23.0 Å². The monoisotopic (exact) mass is 678 g/mol. The SMILES string of the molecule is CC(C)Oc1ccccc1N1CCN(CCCCCCCn2ncc(N3CCN(CC4COc5ccccc5O4)CC3)c(Cl)c2=O)CC1. The molecule has 2 aromatic carbocycles. The Balaban J connectivity index is 0.854. The van der Waals surface area contributed by atoms with E-state index >= 15 is 0 Å². The molecule has 1 atom stereocenters. The van der Waals surface area contributed by atoms with E-state index in [0.717, 1.165) is 108 Å². The van der Waals surface area contributed by atoms with E-state index in [-0.39, 0.29) is 22.8 Å². The number of para-hydroxylation sites is 4. The van der Waals surface area contributed by atoms with E-state index < -0.39 is 0 Å². The number of hydrogen-bond acceptors (Lipinski definition) is 9. The summed E-state index contributed by atoms with van der Waals surface area (Å²) in [7, 11) is 0. The van der Waals surface area contributed by atoms with E-state index in [9.17, 15) is 4.79 Å². The Kier molecular flexibility index (Phi) is 12.0. The Morgan fingerprint density at radius 3 is 2.17 bits per heavy atom. The maximum atomic E-state index is 13.1. The predicted octanol–water partition coefficient (Wildman–Crippen LogP) is 5.42. The molecule has 0 N–H and O–H groups in total. The van der Waals surface area contributed by atoms with Crippen molar-refractivity contribution in [2.45, 2.75) is 64.7 Å². The second-order valence-electron chi connectivity index (χ2n) is 13.4. The standard InChI is InChI=1S/C37H51ClN6O4/c1-29(2)47-33-13-7-6-12-31(33)42-22-18-40(19-23-42)16-10-4-3-5-11-17-44-37(45)36(38)32(26-39-44)43-24-20-41(21-25-43)27-30-28-46-34-14-8-9-15-35(34)48-30/h6-9,12-15,26,29-30H,3-5,10-11,16-25,27-28H2,1-2H3. The molecule has 260 valence electrons. The Hall–Kier alpha value is -3.47. The number of unbranched alkanes of at least 4 members (excludes halogenated alkanes) is 4. The van der Waals surface area contributed by atoms with Crippen LogP contribution >= 0.6 is 11.6 Å². The van der Waals surface area contributed by atoms with Crippen LogP contribution in [0.1, 0.15) is 46.0 Å². The third kappa shape index (κ3) is 8.95. The molecule has 4 heterocycles. The Bertz CT molecular complexity index is 1520. The number of rotatable bonds is 14. The lowest BCUT2D eigenvalue weighted by Gasteiger charge is -2.38. The first kappa shape index (κ1) is 34.4. The molecule has 1 unspecified atom stereocenters. The van der Waals surface area contributed by atoms with E-state index in [1.54, 1.807) is 6.20 Å². The van der Waals surface area contributed by atoms with Crippen molar-refractivity contribution in [3.05, 3.63) is 70.1 Å². The zero-order chi connectivity index (χ0) is 33.3. The number of hydrogen-bond donors (Lipinski definition) is 0. The molecule has 10 nitrogen and oxygen atoms in total. The first-order valence-electron chi connectivity index (χ1n) is 17.8. The van der Waals surface area contributed by atoms with Gasteiger partial charge in [-0.1, -0.05) is 55.1 Å². The molecule has 1 aromatic heterocycles. The van der Waals surface area contributed by atoms with Gasteiger partial charge in [0.2, 0.25) is 0 Å². The maximum absolute atomic E-state index is 13.1. The van der Waals surface area contributed by atoms with Crippen LogP contribution in [0, 0.1) is 0 Å². The number of aryl methyl sites for hydroxylation is 1. The van der Waals surface area contributed by atoms with Gasteiger partial charge in [-0.05, 0) is 57.5 Å². The summed E-state index contributed by atoms with van der Waals surface area (Å²) in [5.41, 5.74) is 1.75. The van der Waals surface area contributed by atoms with Crippen molar-refractivity contribution in [1.82, 2.24) is 19.6 Å². The molecule has 0 spiro atoms. The summed E-state index contributed by atoms with van der Waals surface area (Å²) in [6, 6.07) is 16.2. The van der Waals surface area contributed by atoms with Gasteiger partial charge in [0.15, 0.2) is 11.5 Å². The summed E-state index contributed by atoms with van der Waals surface area (Å²) in [6.07, 6.45) is 7.51. The summed E-state index contributed by atoms with van der Waals surface area (Å²) < 4.78 is 19.6. The zero-order valence-electron chi connectivity index (χ0n) is 28.6. The van der Waals surface area contributed by atoms with E-state index in [2.05, 4.69) is 56.7 Å². The Labute approximate surface area is 290 Å². The number of piperazine rings is 2. The fraction of sp³-hybridized carbons (Fsp3) is 0.568. The molecule has 3 aromatic rings. The molecule has 3 aliphatic rings. The minimum absolute atomic E-state index is 0.00134. The summed E-state index contributed by atoms with van der Waals surface area (Å²) in [6.45, 7) is 14.8. The molecule has 48 heavy (non-hydrogen) atoms. The van der Waals surface area contributed by atoms with Gasteiger partial charge in [0.1, 0.15) is 23.5 Å². The van der Waals surface area contributed by atoms with E-state index in [0.29, 0.717) is 13.2 Å². The van der Waals surface area contributed by atoms with Crippen LogP contribution in [0.25, 0.3) is 0 Å². The lowest BCUT2D eigenvalue weighted by molar-refractivity contribution is 0.0571. The quantitative estimate of drug-likeness (QED) is 0.208. The molecule has 2 saturated heterocycles. The van der Waals surface area contributed by atoms with Crippen molar-refractivity contribution in [1.29, 1.82) is 0 Å². The number of fused-ring (bicyclic) bond motifs is 1. The highest BCUT2D eigenvalue weighted by Crippen LogP contribution is 2.32. The number of anilines is 2. The van der Waals surface area contributed by atoms with Gasteiger partial charge >= 0.3 is 0 Å². The minimum Gasteiger partial charge on any atom is -0.489 e. The van der Waals surface area contributed by atoms with Crippen LogP contribution in [0.15, 0.2) is 59.5 Å². The van der Waals surface area contributed by atoms with Gasteiger partial charge in [-0.2, -0.15) is 5.10 Å². The molecule has 0 amide bonds.